The number of nitrogens with zero attached hydrogens (tertiary/aromatic N) is 2. The summed E-state index contributed by atoms with van der Waals surface area (Å²) in [6.45, 7) is 6.73. The van der Waals surface area contributed by atoms with Crippen LogP contribution in [0.5, 0.6) is 0 Å². The van der Waals surface area contributed by atoms with Crippen molar-refractivity contribution in [3.8, 4) is 6.07 Å². The Morgan fingerprint density at radius 3 is 2.36 bits per heavy atom. The van der Waals surface area contributed by atoms with Crippen LogP contribution in [0.15, 0.2) is 0 Å². The number of hydrogen-bond acceptors (Lipinski definition) is 2. The highest BCUT2D eigenvalue weighted by atomic mass is 15.1. The third kappa shape index (κ3) is 3.31. The Kier molecular flexibility index (Phi) is 4.41. The molecule has 1 fully saturated rings. The van der Waals surface area contributed by atoms with Gasteiger partial charge < -0.3 is 4.90 Å². The summed E-state index contributed by atoms with van der Waals surface area (Å²) in [6.07, 6.45) is 3.67. The zero-order chi connectivity index (χ0) is 10.6. The largest absolute Gasteiger partial charge is 0.306 e. The van der Waals surface area contributed by atoms with Crippen molar-refractivity contribution in [2.45, 2.75) is 33.1 Å². The molecule has 0 aromatic rings. The van der Waals surface area contributed by atoms with E-state index in [0.29, 0.717) is 5.92 Å². The predicted molar refractivity (Wildman–Crippen MR) is 58.8 cm³/mol. The van der Waals surface area contributed by atoms with Gasteiger partial charge in [-0.15, -0.1) is 0 Å². The van der Waals surface area contributed by atoms with Crippen LogP contribution in [0.1, 0.15) is 33.1 Å². The fourth-order valence-corrected chi connectivity index (χ4v) is 2.13. The number of nitriles is 1. The molecule has 80 valence electrons. The molecule has 1 saturated heterocycles. The van der Waals surface area contributed by atoms with E-state index in [4.69, 9.17) is 5.26 Å². The van der Waals surface area contributed by atoms with E-state index in [-0.39, 0.29) is 5.92 Å². The van der Waals surface area contributed by atoms with Crippen LogP contribution >= 0.6 is 0 Å². The van der Waals surface area contributed by atoms with Crippen molar-refractivity contribution in [3.63, 3.8) is 0 Å². The lowest BCUT2D eigenvalue weighted by Crippen LogP contribution is -2.31. The third-order valence-corrected chi connectivity index (χ3v) is 3.40. The van der Waals surface area contributed by atoms with Gasteiger partial charge in [0.05, 0.1) is 6.07 Å². The molecular formula is C12H22N2. The first-order valence-electron chi connectivity index (χ1n) is 5.71. The second kappa shape index (κ2) is 5.36. The van der Waals surface area contributed by atoms with Crippen molar-refractivity contribution < 1.29 is 0 Å². The first kappa shape index (κ1) is 11.5. The summed E-state index contributed by atoms with van der Waals surface area (Å²) in [5.74, 6) is 1.57. The fraction of sp³-hybridized carbons (Fsp3) is 0.917. The summed E-state index contributed by atoms with van der Waals surface area (Å²) in [7, 11) is 2.18. The Bertz CT molecular complexity index is 197. The number of likely N-dealkylation sites (tertiary alicyclic amines) is 1. The minimum atomic E-state index is 0.267. The van der Waals surface area contributed by atoms with Gasteiger partial charge >= 0.3 is 0 Å². The molecule has 1 heterocycles. The topological polar surface area (TPSA) is 27.0 Å². The van der Waals surface area contributed by atoms with E-state index in [1.807, 2.05) is 0 Å². The van der Waals surface area contributed by atoms with Crippen LogP contribution in [-0.4, -0.2) is 25.0 Å². The second-order valence-corrected chi connectivity index (χ2v) is 4.96. The van der Waals surface area contributed by atoms with E-state index < -0.39 is 0 Å². The summed E-state index contributed by atoms with van der Waals surface area (Å²) in [6, 6.07) is 2.45. The molecule has 0 bridgehead atoms. The minimum Gasteiger partial charge on any atom is -0.306 e. The van der Waals surface area contributed by atoms with Gasteiger partial charge in [0.1, 0.15) is 0 Å². The predicted octanol–water partition coefficient (Wildman–Crippen LogP) is 2.51. The molecule has 0 amide bonds. The minimum absolute atomic E-state index is 0.267. The normalized spacial score (nSPS) is 22.2. The van der Waals surface area contributed by atoms with Crippen LogP contribution in [0.4, 0.5) is 0 Å². The molecule has 0 N–H and O–H groups in total. The molecule has 1 rings (SSSR count). The van der Waals surface area contributed by atoms with Gasteiger partial charge in [0.2, 0.25) is 0 Å². The zero-order valence-corrected chi connectivity index (χ0v) is 9.66. The van der Waals surface area contributed by atoms with Crippen LogP contribution in [-0.2, 0) is 0 Å². The maximum atomic E-state index is 9.02. The van der Waals surface area contributed by atoms with E-state index in [0.717, 1.165) is 12.3 Å². The molecule has 0 spiro atoms. The molecule has 1 aliphatic rings. The van der Waals surface area contributed by atoms with E-state index in [9.17, 15) is 0 Å². The SMILES string of the molecule is CC(C)C(C#N)CC1CCN(C)CC1. The van der Waals surface area contributed by atoms with E-state index in [2.05, 4.69) is 31.9 Å². The summed E-state index contributed by atoms with van der Waals surface area (Å²) in [5.41, 5.74) is 0. The molecular weight excluding hydrogens is 172 g/mol. The lowest BCUT2D eigenvalue weighted by atomic mass is 9.83. The van der Waals surface area contributed by atoms with E-state index >= 15 is 0 Å². The molecule has 1 unspecified atom stereocenters. The van der Waals surface area contributed by atoms with Crippen molar-refractivity contribution in [1.82, 2.24) is 4.90 Å². The number of hydrogen-bond donors (Lipinski definition) is 0. The van der Waals surface area contributed by atoms with Crippen LogP contribution < -0.4 is 0 Å². The lowest BCUT2D eigenvalue weighted by Gasteiger charge is -2.30. The summed E-state index contributed by atoms with van der Waals surface area (Å²) in [4.78, 5) is 2.38. The van der Waals surface area contributed by atoms with Crippen molar-refractivity contribution in [2.75, 3.05) is 20.1 Å². The Morgan fingerprint density at radius 2 is 1.93 bits per heavy atom. The van der Waals surface area contributed by atoms with Crippen LogP contribution in [0.2, 0.25) is 0 Å². The highest BCUT2D eigenvalue weighted by molar-refractivity contribution is 4.87. The van der Waals surface area contributed by atoms with Gasteiger partial charge in [-0.2, -0.15) is 5.26 Å². The summed E-state index contributed by atoms with van der Waals surface area (Å²) >= 11 is 0. The highest BCUT2D eigenvalue weighted by Crippen LogP contribution is 2.26. The molecule has 1 atom stereocenters. The van der Waals surface area contributed by atoms with Crippen LogP contribution in [0, 0.1) is 29.1 Å². The molecule has 0 aromatic carbocycles. The molecule has 0 radical (unpaired) electrons. The second-order valence-electron chi connectivity index (χ2n) is 4.96. The third-order valence-electron chi connectivity index (χ3n) is 3.40. The first-order chi connectivity index (χ1) is 6.63. The smallest absolute Gasteiger partial charge is 0.0658 e. The van der Waals surface area contributed by atoms with Gasteiger partial charge in [0.15, 0.2) is 0 Å². The van der Waals surface area contributed by atoms with E-state index in [1.54, 1.807) is 0 Å². The van der Waals surface area contributed by atoms with Gasteiger partial charge in [0, 0.05) is 5.92 Å². The van der Waals surface area contributed by atoms with Crippen molar-refractivity contribution in [3.05, 3.63) is 0 Å². The Morgan fingerprint density at radius 1 is 1.36 bits per heavy atom. The molecule has 0 saturated carbocycles. The van der Waals surface area contributed by atoms with E-state index in [1.165, 1.54) is 25.9 Å². The van der Waals surface area contributed by atoms with Crippen LogP contribution in [0.25, 0.3) is 0 Å². The molecule has 14 heavy (non-hydrogen) atoms. The molecule has 0 aliphatic carbocycles. The van der Waals surface area contributed by atoms with Gasteiger partial charge in [-0.05, 0) is 51.2 Å². The molecule has 2 nitrogen and oxygen atoms in total. The Labute approximate surface area is 87.9 Å². The first-order valence-corrected chi connectivity index (χ1v) is 5.71. The summed E-state index contributed by atoms with van der Waals surface area (Å²) < 4.78 is 0. The van der Waals surface area contributed by atoms with Crippen LogP contribution in [0.3, 0.4) is 0 Å². The zero-order valence-electron chi connectivity index (χ0n) is 9.66. The van der Waals surface area contributed by atoms with Crippen molar-refractivity contribution in [1.29, 1.82) is 5.26 Å². The van der Waals surface area contributed by atoms with Crippen molar-refractivity contribution in [2.24, 2.45) is 17.8 Å². The monoisotopic (exact) mass is 194 g/mol. The van der Waals surface area contributed by atoms with Gasteiger partial charge in [-0.1, -0.05) is 13.8 Å². The lowest BCUT2D eigenvalue weighted by molar-refractivity contribution is 0.195. The maximum absolute atomic E-state index is 9.02. The summed E-state index contributed by atoms with van der Waals surface area (Å²) in [5, 5.41) is 9.02. The average Bonchev–Trinajstić information content (AvgIpc) is 2.16. The maximum Gasteiger partial charge on any atom is 0.0658 e. The Balaban J connectivity index is 2.33. The molecule has 0 aromatic heterocycles. The molecule has 1 aliphatic heterocycles. The Hall–Kier alpha value is -0.550. The highest BCUT2D eigenvalue weighted by Gasteiger charge is 2.22. The fourth-order valence-electron chi connectivity index (χ4n) is 2.13. The quantitative estimate of drug-likeness (QED) is 0.690. The molecule has 2 heteroatoms. The van der Waals surface area contributed by atoms with Gasteiger partial charge in [-0.25, -0.2) is 0 Å². The standard InChI is InChI=1S/C12H22N2/c1-10(2)12(9-13)8-11-4-6-14(3)7-5-11/h10-12H,4-8H2,1-3H3. The van der Waals surface area contributed by atoms with Gasteiger partial charge in [-0.3, -0.25) is 0 Å². The van der Waals surface area contributed by atoms with Crippen molar-refractivity contribution >= 4 is 0 Å². The average molecular weight is 194 g/mol. The number of piperidine rings is 1. The van der Waals surface area contributed by atoms with Gasteiger partial charge in [0.25, 0.3) is 0 Å². The number of rotatable bonds is 3.